The number of ether oxygens (including phenoxy) is 1. The molecule has 0 aliphatic carbocycles. The molecule has 1 aliphatic heterocycles. The Labute approximate surface area is 227 Å². The second-order valence-corrected chi connectivity index (χ2v) is 20.1. The van der Waals surface area contributed by atoms with Crippen LogP contribution in [0.5, 0.6) is 0 Å². The lowest BCUT2D eigenvalue weighted by Crippen LogP contribution is -2.62. The first-order valence-electron chi connectivity index (χ1n) is 13.1. The van der Waals surface area contributed by atoms with Gasteiger partial charge in [0.2, 0.25) is 5.91 Å². The zero-order valence-corrected chi connectivity index (χ0v) is 26.2. The predicted octanol–water partition coefficient (Wildman–Crippen LogP) is 3.54. The van der Waals surface area contributed by atoms with Gasteiger partial charge in [-0.3, -0.25) is 9.36 Å². The summed E-state index contributed by atoms with van der Waals surface area (Å²) in [6.45, 7) is 18.2. The molecule has 1 fully saturated rings. The van der Waals surface area contributed by atoms with Crippen molar-refractivity contribution >= 4 is 28.8 Å². The Bertz CT molecular complexity index is 1070. The summed E-state index contributed by atoms with van der Waals surface area (Å²) in [7, 11) is -6.58. The fourth-order valence-corrected chi connectivity index (χ4v) is 15.1. The number of carbonyl (C=O) groups excluding carboxylic acids is 1. The van der Waals surface area contributed by atoms with Crippen LogP contribution in [0.25, 0.3) is 0 Å². The molecule has 38 heavy (non-hydrogen) atoms. The summed E-state index contributed by atoms with van der Waals surface area (Å²) < 4.78 is 21.0. The summed E-state index contributed by atoms with van der Waals surface area (Å²) in [5.74, 6) is -0.301. The van der Waals surface area contributed by atoms with Crippen molar-refractivity contribution in [3.8, 4) is 6.07 Å². The maximum Gasteiger partial charge on any atom is 0.351 e. The zero-order chi connectivity index (χ0) is 29.2. The lowest BCUT2D eigenvalue weighted by atomic mass is 9.84. The van der Waals surface area contributed by atoms with Crippen LogP contribution in [0.1, 0.15) is 75.5 Å². The van der Waals surface area contributed by atoms with Gasteiger partial charge in [0.25, 0.3) is 0 Å². The van der Waals surface area contributed by atoms with E-state index in [1.54, 1.807) is 6.92 Å². The molecule has 2 heterocycles. The van der Waals surface area contributed by atoms with Crippen LogP contribution in [-0.4, -0.2) is 61.3 Å². The van der Waals surface area contributed by atoms with E-state index in [0.29, 0.717) is 0 Å². The van der Waals surface area contributed by atoms with Crippen LogP contribution >= 0.6 is 0 Å². The molecule has 0 unspecified atom stereocenters. The maximum atomic E-state index is 12.9. The van der Waals surface area contributed by atoms with Crippen molar-refractivity contribution in [3.63, 3.8) is 0 Å². The molecule has 214 valence electrons. The summed E-state index contributed by atoms with van der Waals surface area (Å²) in [5.41, 5.74) is -2.58. The average molecular weight is 569 g/mol. The summed E-state index contributed by atoms with van der Waals surface area (Å²) in [4.78, 5) is 40.0. The molecule has 0 saturated carbocycles. The molecule has 0 radical (unpaired) electrons. The van der Waals surface area contributed by atoms with Crippen molar-refractivity contribution in [3.05, 3.63) is 22.7 Å². The van der Waals surface area contributed by atoms with Gasteiger partial charge >= 0.3 is 22.8 Å². The number of hydrogen-bond donors (Lipinski definition) is 3. The summed E-state index contributed by atoms with van der Waals surface area (Å²) in [5, 5.41) is 23.2. The van der Waals surface area contributed by atoms with Gasteiger partial charge in [-0.25, -0.2) is 4.79 Å². The highest BCUT2D eigenvalue weighted by atomic mass is 28.5. The van der Waals surface area contributed by atoms with E-state index in [9.17, 15) is 24.8 Å². The van der Waals surface area contributed by atoms with E-state index in [0.717, 1.165) is 0 Å². The van der Waals surface area contributed by atoms with E-state index < -0.39 is 53.3 Å². The Hall–Kier alpha value is -1.93. The van der Waals surface area contributed by atoms with Crippen LogP contribution in [0.15, 0.2) is 17.1 Å². The smallest absolute Gasteiger partial charge is 0.351 e. The minimum Gasteiger partial charge on any atom is -0.414 e. The Morgan fingerprint density at radius 2 is 1.76 bits per heavy atom. The normalized spacial score (nSPS) is 24.4. The number of anilines is 1. The van der Waals surface area contributed by atoms with Crippen LogP contribution < -0.4 is 11.0 Å². The highest BCUT2D eigenvalue weighted by Gasteiger charge is 2.62. The first kappa shape index (κ1) is 32.3. The van der Waals surface area contributed by atoms with Crippen molar-refractivity contribution in [1.29, 1.82) is 5.26 Å². The molecule has 1 aromatic heterocycles. The third-order valence-electron chi connectivity index (χ3n) is 7.45. The van der Waals surface area contributed by atoms with Gasteiger partial charge in [0.1, 0.15) is 17.3 Å². The van der Waals surface area contributed by atoms with E-state index in [1.165, 1.54) is 23.8 Å². The largest absolute Gasteiger partial charge is 0.414 e. The minimum atomic E-state index is -3.29. The van der Waals surface area contributed by atoms with Gasteiger partial charge in [-0.05, 0) is 35.2 Å². The molecule has 1 aromatic rings. The Morgan fingerprint density at radius 3 is 2.16 bits per heavy atom. The summed E-state index contributed by atoms with van der Waals surface area (Å²) in [6.07, 6.45) is -1.63. The molecular weight excluding hydrogens is 524 g/mol. The van der Waals surface area contributed by atoms with Crippen molar-refractivity contribution in [2.24, 2.45) is 5.41 Å². The highest BCUT2D eigenvalue weighted by molar-refractivity contribution is 6.83. The Kier molecular flexibility index (Phi) is 10.3. The van der Waals surface area contributed by atoms with E-state index in [2.05, 4.69) is 16.4 Å². The van der Waals surface area contributed by atoms with Crippen LogP contribution in [-0.2, 0) is 18.1 Å². The molecule has 4 atom stereocenters. The highest BCUT2D eigenvalue weighted by Crippen LogP contribution is 2.50. The number of rotatable bonds is 11. The van der Waals surface area contributed by atoms with Gasteiger partial charge in [-0.1, -0.05) is 55.4 Å². The quantitative estimate of drug-likeness (QED) is 0.340. The zero-order valence-electron chi connectivity index (χ0n) is 24.2. The molecule has 1 saturated heterocycles. The number of nitrogens with one attached hydrogen (secondary N) is 1. The summed E-state index contributed by atoms with van der Waals surface area (Å²) in [6, 6.07) is 3.72. The van der Waals surface area contributed by atoms with Gasteiger partial charge in [0.15, 0.2) is 6.23 Å². The van der Waals surface area contributed by atoms with Gasteiger partial charge < -0.3 is 28.5 Å². The fraction of sp³-hybridized carbons (Fsp3) is 0.760. The lowest BCUT2D eigenvalue weighted by Gasteiger charge is -2.48. The molecule has 0 aromatic carbocycles. The number of aliphatic hydroxyl groups is 1. The Balaban J connectivity index is 2.63. The number of hydrogen-bond acceptors (Lipinski definition) is 9. The number of aromatic nitrogens is 2. The number of carbonyl (C=O) groups is 1. The minimum absolute atomic E-state index is 0.0768. The van der Waals surface area contributed by atoms with E-state index in [-0.39, 0.29) is 33.9 Å². The predicted molar refractivity (Wildman–Crippen MR) is 148 cm³/mol. The molecular formula is C25H44N4O7Si2. The van der Waals surface area contributed by atoms with Crippen molar-refractivity contribution in [2.45, 2.75) is 110 Å². The van der Waals surface area contributed by atoms with Gasteiger partial charge in [-0.15, -0.1) is 0 Å². The number of aliphatic hydroxyl groups excluding tert-OH is 1. The van der Waals surface area contributed by atoms with Crippen molar-refractivity contribution < 1.29 is 28.0 Å². The van der Waals surface area contributed by atoms with Crippen molar-refractivity contribution in [1.82, 2.24) is 9.55 Å². The third kappa shape index (κ3) is 5.96. The summed E-state index contributed by atoms with van der Waals surface area (Å²) >= 11 is 0. The standard InChI is InChI=1S/C25H44N4O7Si2/c1-15(2)37(33,16(3)4)36-38(17(5)6,18(7)8)35-22-20(13-30)34-23(25(22,10)14-26)29-12-11-21(27-19(9)31)28-24(29)32/h11-12,15-18,20,22-23,30,33H,13H2,1-10H3,(H,27,28,31,32)/t20-,22-,23-,25-/m1/s1. The van der Waals surface area contributed by atoms with Crippen molar-refractivity contribution in [2.75, 3.05) is 11.9 Å². The van der Waals surface area contributed by atoms with Gasteiger partial charge in [0, 0.05) is 13.1 Å². The van der Waals surface area contributed by atoms with E-state index in [4.69, 9.17) is 13.3 Å². The molecule has 1 amide bonds. The monoisotopic (exact) mass is 568 g/mol. The van der Waals surface area contributed by atoms with Crippen LogP contribution in [0.3, 0.4) is 0 Å². The first-order chi connectivity index (χ1) is 17.5. The van der Waals surface area contributed by atoms with Crippen LogP contribution in [0, 0.1) is 16.7 Å². The van der Waals surface area contributed by atoms with E-state index >= 15 is 0 Å². The van der Waals surface area contributed by atoms with Crippen LogP contribution in [0.2, 0.25) is 22.2 Å². The second-order valence-electron chi connectivity index (χ2n) is 11.5. The Morgan fingerprint density at radius 1 is 1.21 bits per heavy atom. The maximum absolute atomic E-state index is 12.9. The van der Waals surface area contributed by atoms with Crippen LogP contribution in [0.4, 0.5) is 5.82 Å². The molecule has 0 spiro atoms. The second kappa shape index (κ2) is 12.1. The fourth-order valence-electron chi connectivity index (χ4n) is 5.11. The molecule has 0 bridgehead atoms. The lowest BCUT2D eigenvalue weighted by molar-refractivity contribution is -0.114. The molecule has 11 nitrogen and oxygen atoms in total. The number of nitriles is 1. The van der Waals surface area contributed by atoms with Gasteiger partial charge in [0.05, 0.1) is 18.8 Å². The average Bonchev–Trinajstić information content (AvgIpc) is 3.09. The van der Waals surface area contributed by atoms with Gasteiger partial charge in [-0.2, -0.15) is 10.2 Å². The number of nitrogens with zero attached hydrogens (tertiary/aromatic N) is 3. The topological polar surface area (TPSA) is 156 Å². The molecule has 2 rings (SSSR count). The third-order valence-corrected chi connectivity index (χ3v) is 17.2. The molecule has 3 N–H and O–H groups in total. The van der Waals surface area contributed by atoms with E-state index in [1.807, 2.05) is 55.4 Å². The molecule has 13 heteroatoms. The molecule has 1 aliphatic rings. The number of amides is 1. The first-order valence-corrected chi connectivity index (χ1v) is 17.1. The SMILES string of the molecule is CC(=O)Nc1ccn([C@@H]2O[C@H](CO)[C@@H](O[Si](O[Si](O)(C(C)C)C(C)C)(C(C)C)C(C)C)[C@@]2(C)C#N)c(=O)n1.